The van der Waals surface area contributed by atoms with Gasteiger partial charge in [0.1, 0.15) is 0 Å². The van der Waals surface area contributed by atoms with E-state index in [0.29, 0.717) is 16.8 Å². The van der Waals surface area contributed by atoms with Gasteiger partial charge >= 0.3 is 30.8 Å². The molecule has 6 rings (SSSR count). The molecule has 4 N–H and O–H groups in total. The summed E-state index contributed by atoms with van der Waals surface area (Å²) in [5.41, 5.74) is 4.41. The van der Waals surface area contributed by atoms with Crippen LogP contribution < -0.4 is 38.1 Å². The number of anilines is 4. The van der Waals surface area contributed by atoms with Crippen molar-refractivity contribution >= 4 is 76.3 Å². The van der Waals surface area contributed by atoms with E-state index in [-0.39, 0.29) is 78.1 Å². The maximum atomic E-state index is 12.9. The van der Waals surface area contributed by atoms with E-state index in [0.717, 1.165) is 38.7 Å². The Bertz CT molecular complexity index is 2920. The number of hydrogen-bond acceptors (Lipinski definition) is 10. The molecule has 65 heavy (non-hydrogen) atoms. The molecular formula is C49H51LiN4O9S2. The largest absolute Gasteiger partial charge is 1.00 e. The monoisotopic (exact) mass is 910 g/mol. The van der Waals surface area contributed by atoms with Crippen LogP contribution in [0, 0.1) is 38.5 Å². The Labute approximate surface area is 393 Å². The second-order valence-corrected chi connectivity index (χ2v) is 18.3. The van der Waals surface area contributed by atoms with Crippen molar-refractivity contribution in [1.82, 2.24) is 0 Å². The number of rotatable bonds is 16. The number of esters is 1. The molecule has 0 unspecified atom stereocenters. The van der Waals surface area contributed by atoms with Gasteiger partial charge in [0.15, 0.2) is 0 Å². The normalized spacial score (nSPS) is 11.7. The van der Waals surface area contributed by atoms with E-state index in [2.05, 4.69) is 21.3 Å². The zero-order chi connectivity index (χ0) is 45.9. The van der Waals surface area contributed by atoms with Crippen LogP contribution in [0.15, 0.2) is 131 Å². The number of sulfonamides is 2. The van der Waals surface area contributed by atoms with Crippen LogP contribution in [0.1, 0.15) is 37.8 Å². The molecule has 0 spiro atoms. The number of carboxylic acids is 1. The summed E-state index contributed by atoms with van der Waals surface area (Å²) in [5.74, 6) is 3.99. The molecule has 0 aliphatic carbocycles. The number of carbonyl (C=O) groups excluding carboxylic acids is 1. The number of benzene rings is 6. The summed E-state index contributed by atoms with van der Waals surface area (Å²) >= 11 is 0. The average Bonchev–Trinajstić information content (AvgIpc) is 3.25. The number of nitrogens with one attached hydrogen (secondary N) is 2. The molecular weight excluding hydrogens is 860 g/mol. The molecule has 0 saturated heterocycles. The first-order valence-corrected chi connectivity index (χ1v) is 22.9. The second-order valence-electron chi connectivity index (χ2n) is 14.9. The number of carbonyl (C=O) groups is 2. The van der Waals surface area contributed by atoms with Gasteiger partial charge in [0, 0.05) is 45.0 Å². The Morgan fingerprint density at radius 1 is 0.615 bits per heavy atom. The van der Waals surface area contributed by atoms with Gasteiger partial charge in [-0.15, -0.1) is 12.8 Å². The topological polar surface area (TPSA) is 192 Å². The van der Waals surface area contributed by atoms with Gasteiger partial charge in [0.2, 0.25) is 0 Å². The minimum Gasteiger partial charge on any atom is -0.870 e. The molecule has 0 amide bonds. The maximum Gasteiger partial charge on any atom is 1.00 e. The molecule has 0 aliphatic rings. The Morgan fingerprint density at radius 3 is 1.31 bits per heavy atom. The minimum absolute atomic E-state index is 0. The number of aryl methyl sites for hydroxylation is 2. The molecule has 16 heteroatoms. The third-order valence-corrected chi connectivity index (χ3v) is 13.1. The molecule has 0 aliphatic heterocycles. The van der Waals surface area contributed by atoms with Crippen molar-refractivity contribution in [2.75, 3.05) is 39.4 Å². The van der Waals surface area contributed by atoms with E-state index >= 15 is 0 Å². The average molecular weight is 911 g/mol. The predicted octanol–water partition coefficient (Wildman–Crippen LogP) is 5.42. The minimum atomic E-state index is -3.77. The van der Waals surface area contributed by atoms with Gasteiger partial charge in [0.25, 0.3) is 20.0 Å². The number of terminal acetylenes is 2. The first kappa shape index (κ1) is 52.9. The molecule has 0 radical (unpaired) electrons. The molecule has 0 saturated carbocycles. The van der Waals surface area contributed by atoms with Gasteiger partial charge in [0.05, 0.1) is 54.2 Å². The third-order valence-electron chi connectivity index (χ3n) is 10.3. The van der Waals surface area contributed by atoms with Crippen LogP contribution in [-0.4, -0.2) is 71.6 Å². The zero-order valence-electron chi connectivity index (χ0n) is 37.1. The van der Waals surface area contributed by atoms with Crippen LogP contribution in [-0.2, 0) is 34.4 Å². The van der Waals surface area contributed by atoms with E-state index in [9.17, 15) is 31.5 Å². The number of methoxy groups -OCH3 is 1. The SMILES string of the molecule is C#CCN(c1ccc(NS(=O)(=O)c2ccc(C)cc2)c2ccccc12)[C@@H](C)CC(=O)O.C#CCN(c1ccc(NS(=O)(=O)c2ccc(C)cc2)c2ccccc12)[C@@H](C)CC(=O)OC.[Li+].[OH-]. The Kier molecular flexibility index (Phi) is 19.1. The van der Waals surface area contributed by atoms with Crippen molar-refractivity contribution in [3.05, 3.63) is 132 Å². The van der Waals surface area contributed by atoms with Gasteiger partial charge < -0.3 is 25.1 Å². The fourth-order valence-corrected chi connectivity index (χ4v) is 9.20. The predicted molar refractivity (Wildman–Crippen MR) is 254 cm³/mol. The zero-order valence-corrected chi connectivity index (χ0v) is 38.8. The van der Waals surface area contributed by atoms with E-state index in [4.69, 9.17) is 17.6 Å². The molecule has 13 nitrogen and oxygen atoms in total. The molecule has 0 bridgehead atoms. The maximum absolute atomic E-state index is 12.9. The summed E-state index contributed by atoms with van der Waals surface area (Å²) < 4.78 is 61.9. The standard InChI is InChI=1S/C25H26N2O4S.C24H24N2O4S.Li.H2O/c1-5-16-27(19(3)17-25(28)31-4)24-15-14-23(21-8-6-7-9-22(21)24)26-32(29,30)20-12-10-18(2)11-13-20;1-4-15-26(18(3)16-24(27)28)23-14-13-22(20-7-5-6-8-21(20)23)25-31(29,30)19-11-9-17(2)10-12-19;;/h1,6-15,19,26H,16-17H2,2-4H3;1,5-14,18,25H,15-16H2,2-3H3,(H,27,28);;1H2/q;;+1;/p-1/t19-;18-;;/m00../s1. The Balaban J connectivity index is 0.000000335. The van der Waals surface area contributed by atoms with Crippen molar-refractivity contribution < 1.29 is 60.6 Å². The fourth-order valence-electron chi connectivity index (χ4n) is 7.04. The smallest absolute Gasteiger partial charge is 0.870 e. The molecule has 6 aromatic carbocycles. The first-order chi connectivity index (χ1) is 30.0. The van der Waals surface area contributed by atoms with Crippen molar-refractivity contribution in [3.8, 4) is 24.7 Å². The van der Waals surface area contributed by atoms with Gasteiger partial charge in [-0.25, -0.2) is 16.8 Å². The van der Waals surface area contributed by atoms with E-state index < -0.39 is 26.0 Å². The van der Waals surface area contributed by atoms with Crippen LogP contribution in [0.25, 0.3) is 21.5 Å². The molecule has 6 aromatic rings. The van der Waals surface area contributed by atoms with Crippen molar-refractivity contribution in [3.63, 3.8) is 0 Å². The van der Waals surface area contributed by atoms with Gasteiger partial charge in [-0.1, -0.05) is 95.8 Å². The van der Waals surface area contributed by atoms with Gasteiger partial charge in [-0.3, -0.25) is 19.0 Å². The summed E-state index contributed by atoms with van der Waals surface area (Å²) in [6, 6.07) is 34.6. The van der Waals surface area contributed by atoms with E-state index in [1.54, 1.807) is 73.7 Å². The van der Waals surface area contributed by atoms with Gasteiger partial charge in [-0.2, -0.15) is 0 Å². The fraction of sp³-hybridized carbons (Fsp3) is 0.224. The quantitative estimate of drug-likeness (QED) is 0.0639. The molecule has 0 heterocycles. The number of ether oxygens (including phenoxy) is 1. The van der Waals surface area contributed by atoms with Crippen LogP contribution in [0.2, 0.25) is 0 Å². The first-order valence-electron chi connectivity index (χ1n) is 19.9. The summed E-state index contributed by atoms with van der Waals surface area (Å²) in [4.78, 5) is 27.2. The second kappa shape index (κ2) is 23.5. The number of aliphatic carboxylic acids is 1. The molecule has 0 fully saturated rings. The summed E-state index contributed by atoms with van der Waals surface area (Å²) in [6.45, 7) is 8.01. The van der Waals surface area contributed by atoms with Crippen LogP contribution >= 0.6 is 0 Å². The third kappa shape index (κ3) is 13.3. The molecule has 2 atom stereocenters. The number of hydrogen-bond donors (Lipinski definition) is 3. The van der Waals surface area contributed by atoms with E-state index in [1.807, 2.05) is 85.2 Å². The van der Waals surface area contributed by atoms with Crippen molar-refractivity contribution in [2.24, 2.45) is 0 Å². The summed E-state index contributed by atoms with van der Waals surface area (Å²) in [7, 11) is -6.18. The van der Waals surface area contributed by atoms with Crippen molar-refractivity contribution in [2.45, 2.75) is 62.4 Å². The van der Waals surface area contributed by atoms with E-state index in [1.165, 1.54) is 7.11 Å². The van der Waals surface area contributed by atoms with Gasteiger partial charge in [-0.05, 0) is 76.2 Å². The number of fused-ring (bicyclic) bond motifs is 2. The van der Waals surface area contributed by atoms with Crippen LogP contribution in [0.4, 0.5) is 22.7 Å². The van der Waals surface area contributed by atoms with Crippen LogP contribution in [0.3, 0.4) is 0 Å². The number of carboxylic acid groups (broad SMARTS) is 1. The van der Waals surface area contributed by atoms with Crippen molar-refractivity contribution in [1.29, 1.82) is 0 Å². The Hall–Kier alpha value is -6.44. The molecule has 0 aromatic heterocycles. The Morgan fingerprint density at radius 2 is 0.969 bits per heavy atom. The summed E-state index contributed by atoms with van der Waals surface area (Å²) in [5, 5.41) is 12.2. The summed E-state index contributed by atoms with van der Waals surface area (Å²) in [6.07, 6.45) is 11.2. The number of nitrogens with zero attached hydrogens (tertiary/aromatic N) is 2. The molecule has 334 valence electrons. The van der Waals surface area contributed by atoms with Crippen LogP contribution in [0.5, 0.6) is 0 Å².